The topological polar surface area (TPSA) is 117 Å². The van der Waals surface area contributed by atoms with Crippen LogP contribution in [0.15, 0.2) is 42.5 Å². The second-order valence-corrected chi connectivity index (χ2v) is 5.46. The quantitative estimate of drug-likeness (QED) is 0.428. The summed E-state index contributed by atoms with van der Waals surface area (Å²) in [6, 6.07) is 10.9. The Balaban J connectivity index is 1.83. The molecule has 2 aromatic rings. The first-order valence-corrected chi connectivity index (χ1v) is 7.86. The van der Waals surface area contributed by atoms with Crippen LogP contribution in [0.3, 0.4) is 0 Å². The molecule has 0 aliphatic carbocycles. The van der Waals surface area contributed by atoms with E-state index in [0.717, 1.165) is 5.56 Å². The standard InChI is InChI=1S/C18H18N2O7/c1-12-4-3-5-14(8-12)26-11-18(22)27-10-17(21)19-15-7-6-13(20(23)24)9-16(15)25-2/h3-9H,10-11H2,1-2H3,(H,19,21). The summed E-state index contributed by atoms with van der Waals surface area (Å²) in [4.78, 5) is 33.8. The van der Waals surface area contributed by atoms with Gasteiger partial charge in [-0.15, -0.1) is 0 Å². The Kier molecular flexibility index (Phi) is 6.70. The molecule has 0 bridgehead atoms. The summed E-state index contributed by atoms with van der Waals surface area (Å²) < 4.78 is 15.1. The van der Waals surface area contributed by atoms with Crippen molar-refractivity contribution in [3.05, 3.63) is 58.1 Å². The van der Waals surface area contributed by atoms with Crippen LogP contribution in [0.4, 0.5) is 11.4 Å². The molecule has 1 N–H and O–H groups in total. The molecule has 0 fully saturated rings. The molecule has 0 saturated carbocycles. The monoisotopic (exact) mass is 374 g/mol. The lowest BCUT2D eigenvalue weighted by molar-refractivity contribution is -0.384. The van der Waals surface area contributed by atoms with Crippen molar-refractivity contribution in [3.8, 4) is 11.5 Å². The first kappa shape index (κ1) is 19.7. The number of nitrogens with one attached hydrogen (secondary N) is 1. The number of benzene rings is 2. The maximum absolute atomic E-state index is 11.9. The number of methoxy groups -OCH3 is 1. The summed E-state index contributed by atoms with van der Waals surface area (Å²) in [5.74, 6) is -0.688. The predicted molar refractivity (Wildman–Crippen MR) is 95.9 cm³/mol. The minimum Gasteiger partial charge on any atom is -0.494 e. The van der Waals surface area contributed by atoms with Crippen LogP contribution < -0.4 is 14.8 Å². The smallest absolute Gasteiger partial charge is 0.344 e. The van der Waals surface area contributed by atoms with E-state index in [2.05, 4.69) is 5.32 Å². The number of nitro groups is 1. The number of hydrogen-bond acceptors (Lipinski definition) is 7. The van der Waals surface area contributed by atoms with Gasteiger partial charge in [-0.1, -0.05) is 12.1 Å². The fraction of sp³-hybridized carbons (Fsp3) is 0.222. The average Bonchev–Trinajstić information content (AvgIpc) is 2.65. The third-order valence-corrected chi connectivity index (χ3v) is 3.38. The number of nitrogens with zero attached hydrogens (tertiary/aromatic N) is 1. The largest absolute Gasteiger partial charge is 0.494 e. The molecule has 142 valence electrons. The number of nitro benzene ring substituents is 1. The van der Waals surface area contributed by atoms with E-state index < -0.39 is 23.4 Å². The van der Waals surface area contributed by atoms with Crippen LogP contribution in [-0.2, 0) is 14.3 Å². The van der Waals surface area contributed by atoms with Gasteiger partial charge in [0.05, 0.1) is 23.8 Å². The molecule has 0 radical (unpaired) electrons. The number of amides is 1. The lowest BCUT2D eigenvalue weighted by Gasteiger charge is -2.10. The highest BCUT2D eigenvalue weighted by Gasteiger charge is 2.14. The van der Waals surface area contributed by atoms with E-state index in [1.807, 2.05) is 13.0 Å². The molecule has 27 heavy (non-hydrogen) atoms. The zero-order valence-electron chi connectivity index (χ0n) is 14.8. The predicted octanol–water partition coefficient (Wildman–Crippen LogP) is 2.47. The van der Waals surface area contributed by atoms with Crippen LogP contribution in [-0.4, -0.2) is 37.1 Å². The molecule has 0 aromatic heterocycles. The van der Waals surface area contributed by atoms with Gasteiger partial charge in [0.1, 0.15) is 11.5 Å². The number of hydrogen-bond donors (Lipinski definition) is 1. The molecule has 9 heteroatoms. The molecule has 1 amide bonds. The van der Waals surface area contributed by atoms with Crippen LogP contribution in [0.25, 0.3) is 0 Å². The number of ether oxygens (including phenoxy) is 3. The van der Waals surface area contributed by atoms with Crippen molar-refractivity contribution in [2.75, 3.05) is 25.6 Å². The van der Waals surface area contributed by atoms with Crippen LogP contribution in [0.1, 0.15) is 5.56 Å². The summed E-state index contributed by atoms with van der Waals surface area (Å²) in [6.45, 7) is 1.02. The van der Waals surface area contributed by atoms with E-state index in [0.29, 0.717) is 5.75 Å². The number of anilines is 1. The molecule has 2 rings (SSSR count). The first-order chi connectivity index (χ1) is 12.9. The highest BCUT2D eigenvalue weighted by molar-refractivity contribution is 5.94. The van der Waals surface area contributed by atoms with Gasteiger partial charge in [-0.3, -0.25) is 14.9 Å². The van der Waals surface area contributed by atoms with E-state index in [1.54, 1.807) is 18.2 Å². The van der Waals surface area contributed by atoms with Crippen molar-refractivity contribution in [2.45, 2.75) is 6.92 Å². The van der Waals surface area contributed by atoms with E-state index in [-0.39, 0.29) is 23.7 Å². The van der Waals surface area contributed by atoms with E-state index in [9.17, 15) is 19.7 Å². The summed E-state index contributed by atoms with van der Waals surface area (Å²) in [6.07, 6.45) is 0. The first-order valence-electron chi connectivity index (χ1n) is 7.86. The molecule has 0 aliphatic rings. The van der Waals surface area contributed by atoms with Gasteiger partial charge in [-0.05, 0) is 30.7 Å². The zero-order valence-corrected chi connectivity index (χ0v) is 14.8. The van der Waals surface area contributed by atoms with Crippen molar-refractivity contribution < 1.29 is 28.7 Å². The zero-order chi connectivity index (χ0) is 19.8. The van der Waals surface area contributed by atoms with E-state index in [4.69, 9.17) is 14.2 Å². The van der Waals surface area contributed by atoms with Crippen LogP contribution >= 0.6 is 0 Å². The van der Waals surface area contributed by atoms with Crippen molar-refractivity contribution in [3.63, 3.8) is 0 Å². The maximum atomic E-state index is 11.9. The molecule has 0 heterocycles. The number of aryl methyl sites for hydroxylation is 1. The number of carbonyl (C=O) groups is 2. The molecule has 0 atom stereocenters. The van der Waals surface area contributed by atoms with Gasteiger partial charge in [0, 0.05) is 6.07 Å². The summed E-state index contributed by atoms with van der Waals surface area (Å²) in [5, 5.41) is 13.2. The molecular weight excluding hydrogens is 356 g/mol. The molecule has 0 unspecified atom stereocenters. The van der Waals surface area contributed by atoms with Gasteiger partial charge in [0.25, 0.3) is 11.6 Å². The van der Waals surface area contributed by atoms with Gasteiger partial charge < -0.3 is 19.5 Å². The molecule has 0 saturated heterocycles. The second-order valence-electron chi connectivity index (χ2n) is 5.46. The van der Waals surface area contributed by atoms with Crippen LogP contribution in [0.2, 0.25) is 0 Å². The summed E-state index contributed by atoms with van der Waals surface area (Å²) in [5.41, 5.74) is 1.03. The Morgan fingerprint density at radius 2 is 1.93 bits per heavy atom. The lowest BCUT2D eigenvalue weighted by Crippen LogP contribution is -2.23. The Labute approximate surface area is 155 Å². The number of esters is 1. The number of rotatable bonds is 8. The Hall–Kier alpha value is -3.62. The Morgan fingerprint density at radius 1 is 1.15 bits per heavy atom. The van der Waals surface area contributed by atoms with Crippen molar-refractivity contribution in [2.24, 2.45) is 0 Å². The highest BCUT2D eigenvalue weighted by atomic mass is 16.6. The van der Waals surface area contributed by atoms with Gasteiger partial charge in [0.2, 0.25) is 0 Å². The van der Waals surface area contributed by atoms with Crippen molar-refractivity contribution in [1.29, 1.82) is 0 Å². The minimum atomic E-state index is -0.706. The third-order valence-electron chi connectivity index (χ3n) is 3.38. The van der Waals surface area contributed by atoms with Gasteiger partial charge in [0.15, 0.2) is 13.2 Å². The van der Waals surface area contributed by atoms with Gasteiger partial charge >= 0.3 is 5.97 Å². The number of carbonyl (C=O) groups excluding carboxylic acids is 2. The lowest BCUT2D eigenvalue weighted by atomic mass is 10.2. The highest BCUT2D eigenvalue weighted by Crippen LogP contribution is 2.28. The van der Waals surface area contributed by atoms with E-state index >= 15 is 0 Å². The normalized spacial score (nSPS) is 10.0. The van der Waals surface area contributed by atoms with Crippen molar-refractivity contribution >= 4 is 23.3 Å². The molecular formula is C18H18N2O7. The van der Waals surface area contributed by atoms with E-state index in [1.165, 1.54) is 25.3 Å². The second kappa shape index (κ2) is 9.18. The fourth-order valence-corrected chi connectivity index (χ4v) is 2.12. The van der Waals surface area contributed by atoms with Gasteiger partial charge in [-0.25, -0.2) is 4.79 Å². The summed E-state index contributed by atoms with van der Waals surface area (Å²) >= 11 is 0. The third kappa shape index (κ3) is 5.99. The molecule has 0 spiro atoms. The molecule has 2 aromatic carbocycles. The summed E-state index contributed by atoms with van der Waals surface area (Å²) in [7, 11) is 1.32. The molecule has 0 aliphatic heterocycles. The van der Waals surface area contributed by atoms with Crippen LogP contribution in [0, 0.1) is 17.0 Å². The Morgan fingerprint density at radius 3 is 2.59 bits per heavy atom. The van der Waals surface area contributed by atoms with Crippen LogP contribution in [0.5, 0.6) is 11.5 Å². The van der Waals surface area contributed by atoms with Gasteiger partial charge in [-0.2, -0.15) is 0 Å². The fourth-order valence-electron chi connectivity index (χ4n) is 2.12. The number of non-ortho nitro benzene ring substituents is 1. The minimum absolute atomic E-state index is 0.117. The Bertz CT molecular complexity index is 851. The maximum Gasteiger partial charge on any atom is 0.344 e. The molecule has 9 nitrogen and oxygen atoms in total. The SMILES string of the molecule is COc1cc([N+](=O)[O-])ccc1NC(=O)COC(=O)COc1cccc(C)c1. The average molecular weight is 374 g/mol. The van der Waals surface area contributed by atoms with Crippen molar-refractivity contribution in [1.82, 2.24) is 0 Å².